The Morgan fingerprint density at radius 2 is 2.56 bits per heavy atom. The zero-order valence-electron chi connectivity index (χ0n) is 10.8. The maximum Gasteiger partial charge on any atom is 0.246 e. The number of amides is 1. The van der Waals surface area contributed by atoms with Crippen molar-refractivity contribution in [2.45, 2.75) is 25.8 Å². The minimum Gasteiger partial charge on any atom is -0.335 e. The molecule has 0 bridgehead atoms. The Bertz CT molecular complexity index is 441. The third-order valence-corrected chi connectivity index (χ3v) is 3.93. The van der Waals surface area contributed by atoms with Crippen LogP contribution in [0.1, 0.15) is 23.5 Å². The van der Waals surface area contributed by atoms with Gasteiger partial charge in [-0.25, -0.2) is 4.98 Å². The van der Waals surface area contributed by atoms with Crippen LogP contribution in [0, 0.1) is 6.92 Å². The Morgan fingerprint density at radius 1 is 1.72 bits per heavy atom. The zero-order valence-corrected chi connectivity index (χ0v) is 11.7. The Labute approximate surface area is 112 Å². The molecule has 98 valence electrons. The first-order chi connectivity index (χ1) is 8.70. The fraction of sp³-hybridized carbons (Fsp3) is 0.538. The lowest BCUT2D eigenvalue weighted by Crippen LogP contribution is -2.39. The number of rotatable bonds is 4. The number of hydrogen-bond acceptors (Lipinski definition) is 4. The molecule has 1 N–H and O–H groups in total. The van der Waals surface area contributed by atoms with E-state index in [4.69, 9.17) is 0 Å². The van der Waals surface area contributed by atoms with Crippen molar-refractivity contribution in [3.8, 4) is 0 Å². The molecule has 0 spiro atoms. The summed E-state index contributed by atoms with van der Waals surface area (Å²) in [5.74, 6) is 0.0957. The van der Waals surface area contributed by atoms with Gasteiger partial charge in [0.1, 0.15) is 0 Å². The number of carbonyl (C=O) groups is 1. The van der Waals surface area contributed by atoms with Gasteiger partial charge in [0.25, 0.3) is 0 Å². The molecule has 1 atom stereocenters. The number of likely N-dealkylation sites (tertiary alicyclic amines) is 1. The Kier molecular flexibility index (Phi) is 4.49. The highest BCUT2D eigenvalue weighted by Crippen LogP contribution is 2.17. The molecule has 0 saturated carbocycles. The zero-order chi connectivity index (χ0) is 13.0. The first kappa shape index (κ1) is 13.2. The van der Waals surface area contributed by atoms with E-state index in [9.17, 15) is 4.79 Å². The molecule has 1 saturated heterocycles. The second-order valence-corrected chi connectivity index (χ2v) is 5.57. The number of aryl methyl sites for hydroxylation is 1. The van der Waals surface area contributed by atoms with Gasteiger partial charge in [0.2, 0.25) is 5.91 Å². The standard InChI is InChI=1S/C13H19N3OS/c1-10-15-11(9-18-10)5-6-13(17)16-7-3-4-12(16)8-14-2/h5-6,9,12,14H,3-4,7-8H2,1-2H3/b6-5+. The van der Waals surface area contributed by atoms with Gasteiger partial charge in [0.15, 0.2) is 0 Å². The van der Waals surface area contributed by atoms with E-state index in [0.717, 1.165) is 36.6 Å². The van der Waals surface area contributed by atoms with Crippen molar-refractivity contribution in [2.75, 3.05) is 20.1 Å². The van der Waals surface area contributed by atoms with Crippen LogP contribution in [0.2, 0.25) is 0 Å². The van der Waals surface area contributed by atoms with E-state index >= 15 is 0 Å². The van der Waals surface area contributed by atoms with E-state index < -0.39 is 0 Å². The quantitative estimate of drug-likeness (QED) is 0.842. The van der Waals surface area contributed by atoms with Crippen LogP contribution in [0.5, 0.6) is 0 Å². The van der Waals surface area contributed by atoms with Gasteiger partial charge in [-0.15, -0.1) is 11.3 Å². The first-order valence-electron chi connectivity index (χ1n) is 6.26. The van der Waals surface area contributed by atoms with Crippen molar-refractivity contribution < 1.29 is 4.79 Å². The monoisotopic (exact) mass is 265 g/mol. The van der Waals surface area contributed by atoms with Crippen LogP contribution in [0.25, 0.3) is 6.08 Å². The predicted molar refractivity (Wildman–Crippen MR) is 74.5 cm³/mol. The molecule has 18 heavy (non-hydrogen) atoms. The number of likely N-dealkylation sites (N-methyl/N-ethyl adjacent to an activating group) is 1. The van der Waals surface area contributed by atoms with Gasteiger partial charge in [-0.1, -0.05) is 0 Å². The van der Waals surface area contributed by atoms with E-state index in [1.807, 2.05) is 24.3 Å². The van der Waals surface area contributed by atoms with Crippen molar-refractivity contribution in [1.82, 2.24) is 15.2 Å². The summed E-state index contributed by atoms with van der Waals surface area (Å²) in [6, 6.07) is 0.337. The molecule has 5 heteroatoms. The summed E-state index contributed by atoms with van der Waals surface area (Å²) < 4.78 is 0. The summed E-state index contributed by atoms with van der Waals surface area (Å²) in [5, 5.41) is 6.13. The molecule has 2 heterocycles. The predicted octanol–water partition coefficient (Wildman–Crippen LogP) is 1.68. The first-order valence-corrected chi connectivity index (χ1v) is 7.14. The SMILES string of the molecule is CNCC1CCCN1C(=O)/C=C/c1csc(C)n1. The summed E-state index contributed by atoms with van der Waals surface area (Å²) in [6.45, 7) is 3.70. The van der Waals surface area contributed by atoms with Crippen LogP contribution in [-0.2, 0) is 4.79 Å². The number of thiazole rings is 1. The van der Waals surface area contributed by atoms with Crippen LogP contribution < -0.4 is 5.32 Å². The molecule has 1 aliphatic heterocycles. The third kappa shape index (κ3) is 3.17. The minimum atomic E-state index is 0.0957. The van der Waals surface area contributed by atoms with Crippen molar-refractivity contribution in [3.05, 3.63) is 22.2 Å². The van der Waals surface area contributed by atoms with Crippen LogP contribution in [-0.4, -0.2) is 42.0 Å². The van der Waals surface area contributed by atoms with Crippen molar-refractivity contribution >= 4 is 23.3 Å². The van der Waals surface area contributed by atoms with Crippen LogP contribution in [0.3, 0.4) is 0 Å². The van der Waals surface area contributed by atoms with Crippen molar-refractivity contribution in [3.63, 3.8) is 0 Å². The van der Waals surface area contributed by atoms with Gasteiger partial charge in [0, 0.05) is 30.6 Å². The van der Waals surface area contributed by atoms with Gasteiger partial charge in [-0.3, -0.25) is 4.79 Å². The Hall–Kier alpha value is -1.20. The average Bonchev–Trinajstić information content (AvgIpc) is 2.96. The molecule has 2 rings (SSSR count). The van der Waals surface area contributed by atoms with Crippen LogP contribution in [0.15, 0.2) is 11.5 Å². The van der Waals surface area contributed by atoms with Gasteiger partial charge in [-0.05, 0) is 32.9 Å². The summed E-state index contributed by atoms with van der Waals surface area (Å²) in [4.78, 5) is 18.4. The smallest absolute Gasteiger partial charge is 0.246 e. The maximum absolute atomic E-state index is 12.1. The fourth-order valence-corrected chi connectivity index (χ4v) is 2.86. The topological polar surface area (TPSA) is 45.2 Å². The van der Waals surface area contributed by atoms with Crippen molar-refractivity contribution in [1.29, 1.82) is 0 Å². The molecule has 1 amide bonds. The van der Waals surface area contributed by atoms with Gasteiger partial charge in [-0.2, -0.15) is 0 Å². The van der Waals surface area contributed by atoms with Gasteiger partial charge < -0.3 is 10.2 Å². The summed E-state index contributed by atoms with van der Waals surface area (Å²) in [7, 11) is 1.93. The minimum absolute atomic E-state index is 0.0957. The number of hydrogen-bond donors (Lipinski definition) is 1. The number of carbonyl (C=O) groups excluding carboxylic acids is 1. The number of nitrogens with zero attached hydrogens (tertiary/aromatic N) is 2. The molecule has 1 aromatic heterocycles. The van der Waals surface area contributed by atoms with E-state index in [1.54, 1.807) is 23.5 Å². The van der Waals surface area contributed by atoms with E-state index in [2.05, 4.69) is 10.3 Å². The normalized spacial score (nSPS) is 19.9. The lowest BCUT2D eigenvalue weighted by Gasteiger charge is -2.22. The van der Waals surface area contributed by atoms with Crippen molar-refractivity contribution in [2.24, 2.45) is 0 Å². The van der Waals surface area contributed by atoms with Gasteiger partial charge in [0.05, 0.1) is 10.7 Å². The highest BCUT2D eigenvalue weighted by molar-refractivity contribution is 7.09. The molecule has 0 aliphatic carbocycles. The highest BCUT2D eigenvalue weighted by Gasteiger charge is 2.26. The molecular weight excluding hydrogens is 246 g/mol. The molecule has 1 aliphatic rings. The molecule has 1 fully saturated rings. The lowest BCUT2D eigenvalue weighted by atomic mass is 10.2. The molecular formula is C13H19N3OS. The summed E-state index contributed by atoms with van der Waals surface area (Å²) >= 11 is 1.60. The van der Waals surface area contributed by atoms with E-state index in [-0.39, 0.29) is 5.91 Å². The largest absolute Gasteiger partial charge is 0.335 e. The molecule has 1 aromatic rings. The van der Waals surface area contributed by atoms with E-state index in [0.29, 0.717) is 6.04 Å². The average molecular weight is 265 g/mol. The third-order valence-electron chi connectivity index (χ3n) is 3.13. The Morgan fingerprint density at radius 3 is 3.22 bits per heavy atom. The summed E-state index contributed by atoms with van der Waals surface area (Å²) in [5.41, 5.74) is 0.871. The van der Waals surface area contributed by atoms with E-state index in [1.165, 1.54) is 0 Å². The maximum atomic E-state index is 12.1. The fourth-order valence-electron chi connectivity index (χ4n) is 2.28. The number of nitrogens with one attached hydrogen (secondary N) is 1. The highest BCUT2D eigenvalue weighted by atomic mass is 32.1. The lowest BCUT2D eigenvalue weighted by molar-refractivity contribution is -0.126. The second-order valence-electron chi connectivity index (χ2n) is 4.51. The summed E-state index contributed by atoms with van der Waals surface area (Å²) in [6.07, 6.45) is 5.64. The second kappa shape index (κ2) is 6.11. The molecule has 0 aromatic carbocycles. The Balaban J connectivity index is 1.96. The molecule has 0 radical (unpaired) electrons. The molecule has 4 nitrogen and oxygen atoms in total. The number of aromatic nitrogens is 1. The molecule has 1 unspecified atom stereocenters. The van der Waals surface area contributed by atoms with Crippen LogP contribution in [0.4, 0.5) is 0 Å². The van der Waals surface area contributed by atoms with Crippen LogP contribution >= 0.6 is 11.3 Å². The van der Waals surface area contributed by atoms with Gasteiger partial charge >= 0.3 is 0 Å².